The molecule has 0 radical (unpaired) electrons. The van der Waals surface area contributed by atoms with Gasteiger partial charge >= 0.3 is 0 Å². The molecule has 106 valence electrons. The zero-order chi connectivity index (χ0) is 14.4. The fraction of sp³-hybridized carbons (Fsp3) is 0.500. The molecule has 2 atom stereocenters. The quantitative estimate of drug-likeness (QED) is 0.907. The van der Waals surface area contributed by atoms with Crippen molar-refractivity contribution in [3.05, 3.63) is 35.9 Å². The third-order valence-corrected chi connectivity index (χ3v) is 3.81. The molecule has 1 aromatic carbocycles. The highest BCUT2D eigenvalue weighted by Crippen LogP contribution is 2.16. The maximum absolute atomic E-state index is 12.2. The van der Waals surface area contributed by atoms with Gasteiger partial charge in [-0.2, -0.15) is 5.26 Å². The van der Waals surface area contributed by atoms with E-state index in [0.717, 1.165) is 25.1 Å². The third-order valence-electron chi connectivity index (χ3n) is 3.81. The second-order valence-electron chi connectivity index (χ2n) is 5.49. The summed E-state index contributed by atoms with van der Waals surface area (Å²) in [5.74, 6) is -0.405. The van der Waals surface area contributed by atoms with E-state index < -0.39 is 5.92 Å². The number of nitrogens with zero attached hydrogens (tertiary/aromatic N) is 2. The first kappa shape index (κ1) is 14.5. The lowest BCUT2D eigenvalue weighted by Crippen LogP contribution is -2.40. The van der Waals surface area contributed by atoms with Gasteiger partial charge in [0.15, 0.2) is 0 Å². The van der Waals surface area contributed by atoms with Crippen LogP contribution in [-0.2, 0) is 4.79 Å². The Balaban J connectivity index is 1.89. The van der Waals surface area contributed by atoms with Crippen molar-refractivity contribution in [1.82, 2.24) is 10.2 Å². The van der Waals surface area contributed by atoms with Gasteiger partial charge in [0.1, 0.15) is 5.92 Å². The zero-order valence-corrected chi connectivity index (χ0v) is 11.9. The standard InChI is InChI=1S/C16H21N3O/c1-19-9-5-6-13(12-19)11-18-16(20)15(10-17)14-7-3-2-4-8-14/h2-4,7-8,13,15H,5-6,9,11-12H2,1H3,(H,18,20). The molecule has 20 heavy (non-hydrogen) atoms. The van der Waals surface area contributed by atoms with Crippen molar-refractivity contribution < 1.29 is 4.79 Å². The lowest BCUT2D eigenvalue weighted by molar-refractivity contribution is -0.121. The first-order chi connectivity index (χ1) is 9.70. The van der Waals surface area contributed by atoms with Crippen LogP contribution in [0.1, 0.15) is 24.3 Å². The van der Waals surface area contributed by atoms with Crippen molar-refractivity contribution in [3.8, 4) is 6.07 Å². The van der Waals surface area contributed by atoms with E-state index in [1.54, 1.807) is 0 Å². The Morgan fingerprint density at radius 3 is 2.90 bits per heavy atom. The maximum Gasteiger partial charge on any atom is 0.241 e. The Labute approximate surface area is 120 Å². The van der Waals surface area contributed by atoms with E-state index in [-0.39, 0.29) is 5.91 Å². The van der Waals surface area contributed by atoms with Crippen molar-refractivity contribution in [2.45, 2.75) is 18.8 Å². The number of piperidine rings is 1. The van der Waals surface area contributed by atoms with Crippen LogP contribution in [0.15, 0.2) is 30.3 Å². The molecular formula is C16H21N3O. The monoisotopic (exact) mass is 271 g/mol. The topological polar surface area (TPSA) is 56.1 Å². The maximum atomic E-state index is 12.2. The Hall–Kier alpha value is -1.86. The van der Waals surface area contributed by atoms with Gasteiger partial charge in [-0.3, -0.25) is 4.79 Å². The number of nitrogens with one attached hydrogen (secondary N) is 1. The fourth-order valence-electron chi connectivity index (χ4n) is 2.72. The SMILES string of the molecule is CN1CCCC(CNC(=O)C(C#N)c2ccccc2)C1. The average molecular weight is 271 g/mol. The summed E-state index contributed by atoms with van der Waals surface area (Å²) in [6, 6.07) is 11.3. The molecule has 0 saturated carbocycles. The van der Waals surface area contributed by atoms with E-state index in [2.05, 4.69) is 23.3 Å². The molecule has 1 aliphatic heterocycles. The summed E-state index contributed by atoms with van der Waals surface area (Å²) in [6.07, 6.45) is 2.32. The molecular weight excluding hydrogens is 250 g/mol. The molecule has 1 aliphatic rings. The smallest absolute Gasteiger partial charge is 0.241 e. The molecule has 1 amide bonds. The Morgan fingerprint density at radius 2 is 2.25 bits per heavy atom. The van der Waals surface area contributed by atoms with Crippen LogP contribution < -0.4 is 5.32 Å². The summed E-state index contributed by atoms with van der Waals surface area (Å²) in [5, 5.41) is 12.1. The highest BCUT2D eigenvalue weighted by molar-refractivity contribution is 5.86. The van der Waals surface area contributed by atoms with E-state index in [4.69, 9.17) is 0 Å². The lowest BCUT2D eigenvalue weighted by atomic mass is 9.97. The minimum atomic E-state index is -0.711. The molecule has 4 heteroatoms. The van der Waals surface area contributed by atoms with Gasteiger partial charge in [-0.05, 0) is 37.9 Å². The molecule has 1 saturated heterocycles. The van der Waals surface area contributed by atoms with Gasteiger partial charge < -0.3 is 10.2 Å². The third kappa shape index (κ3) is 3.82. The van der Waals surface area contributed by atoms with E-state index in [1.165, 1.54) is 6.42 Å². The largest absolute Gasteiger partial charge is 0.354 e. The number of rotatable bonds is 4. The summed E-state index contributed by atoms with van der Waals surface area (Å²) in [4.78, 5) is 14.4. The van der Waals surface area contributed by atoms with Crippen molar-refractivity contribution >= 4 is 5.91 Å². The molecule has 4 nitrogen and oxygen atoms in total. The first-order valence-corrected chi connectivity index (χ1v) is 7.11. The van der Waals surface area contributed by atoms with Crippen molar-refractivity contribution in [2.24, 2.45) is 5.92 Å². The number of amides is 1. The predicted molar refractivity (Wildman–Crippen MR) is 78.0 cm³/mol. The summed E-state index contributed by atoms with van der Waals surface area (Å²) in [7, 11) is 2.11. The predicted octanol–water partition coefficient (Wildman–Crippen LogP) is 1.75. The molecule has 0 aliphatic carbocycles. The van der Waals surface area contributed by atoms with Crippen molar-refractivity contribution in [1.29, 1.82) is 5.26 Å². The lowest BCUT2D eigenvalue weighted by Gasteiger charge is -2.29. The van der Waals surface area contributed by atoms with E-state index >= 15 is 0 Å². The normalized spacial score (nSPS) is 20.9. The number of hydrogen-bond donors (Lipinski definition) is 1. The number of carbonyl (C=O) groups is 1. The Morgan fingerprint density at radius 1 is 1.50 bits per heavy atom. The molecule has 1 N–H and O–H groups in total. The van der Waals surface area contributed by atoms with Crippen molar-refractivity contribution in [2.75, 3.05) is 26.7 Å². The van der Waals surface area contributed by atoms with E-state index in [9.17, 15) is 10.1 Å². The molecule has 1 heterocycles. The van der Waals surface area contributed by atoms with Crippen LogP contribution in [0.2, 0.25) is 0 Å². The zero-order valence-electron chi connectivity index (χ0n) is 11.9. The summed E-state index contributed by atoms with van der Waals surface area (Å²) in [5.41, 5.74) is 0.758. The molecule has 2 rings (SSSR count). The highest BCUT2D eigenvalue weighted by atomic mass is 16.1. The summed E-state index contributed by atoms with van der Waals surface area (Å²) >= 11 is 0. The molecule has 1 fully saturated rings. The molecule has 2 unspecified atom stereocenters. The van der Waals surface area contributed by atoms with Gasteiger partial charge in [0.2, 0.25) is 5.91 Å². The van der Waals surface area contributed by atoms with Gasteiger partial charge in [-0.15, -0.1) is 0 Å². The van der Waals surface area contributed by atoms with Crippen LogP contribution in [-0.4, -0.2) is 37.5 Å². The van der Waals surface area contributed by atoms with Gasteiger partial charge in [-0.1, -0.05) is 30.3 Å². The molecule has 0 aromatic heterocycles. The van der Waals surface area contributed by atoms with Gasteiger partial charge in [0.05, 0.1) is 6.07 Å². The summed E-state index contributed by atoms with van der Waals surface area (Å²) in [6.45, 7) is 2.81. The van der Waals surface area contributed by atoms with Crippen LogP contribution >= 0.6 is 0 Å². The van der Waals surface area contributed by atoms with Crippen LogP contribution in [0.3, 0.4) is 0 Å². The highest BCUT2D eigenvalue weighted by Gasteiger charge is 2.22. The van der Waals surface area contributed by atoms with Crippen LogP contribution in [0.25, 0.3) is 0 Å². The average Bonchev–Trinajstić information content (AvgIpc) is 2.47. The molecule has 1 aromatic rings. The van der Waals surface area contributed by atoms with E-state index in [1.807, 2.05) is 30.3 Å². The number of carbonyl (C=O) groups excluding carboxylic acids is 1. The Bertz CT molecular complexity index is 480. The van der Waals surface area contributed by atoms with Crippen LogP contribution in [0, 0.1) is 17.2 Å². The van der Waals surface area contributed by atoms with Crippen molar-refractivity contribution in [3.63, 3.8) is 0 Å². The van der Waals surface area contributed by atoms with Gasteiger partial charge in [-0.25, -0.2) is 0 Å². The molecule has 0 spiro atoms. The summed E-state index contributed by atoms with van der Waals surface area (Å²) < 4.78 is 0. The number of likely N-dealkylation sites (tertiary alicyclic amines) is 1. The Kier molecular flexibility index (Phi) is 5.14. The van der Waals surface area contributed by atoms with Gasteiger partial charge in [0, 0.05) is 13.1 Å². The molecule has 0 bridgehead atoms. The second-order valence-corrected chi connectivity index (χ2v) is 5.49. The number of nitriles is 1. The number of benzene rings is 1. The minimum absolute atomic E-state index is 0.188. The van der Waals surface area contributed by atoms with E-state index in [0.29, 0.717) is 12.5 Å². The minimum Gasteiger partial charge on any atom is -0.354 e. The first-order valence-electron chi connectivity index (χ1n) is 7.11. The fourth-order valence-corrected chi connectivity index (χ4v) is 2.72. The van der Waals surface area contributed by atoms with Crippen LogP contribution in [0.5, 0.6) is 0 Å². The number of hydrogen-bond acceptors (Lipinski definition) is 3. The van der Waals surface area contributed by atoms with Gasteiger partial charge in [0.25, 0.3) is 0 Å². The second kappa shape index (κ2) is 7.06. The van der Waals surface area contributed by atoms with Crippen LogP contribution in [0.4, 0.5) is 0 Å².